The van der Waals surface area contributed by atoms with Gasteiger partial charge in [0.15, 0.2) is 0 Å². The number of anilines is 1. The highest BCUT2D eigenvalue weighted by Crippen LogP contribution is 2.54. The largest absolute Gasteiger partial charge is 0.497 e. The second kappa shape index (κ2) is 9.64. The average Bonchev–Trinajstić information content (AvgIpc) is 3.58. The van der Waals surface area contributed by atoms with Crippen LogP contribution < -0.4 is 10.1 Å². The Labute approximate surface area is 220 Å². The summed E-state index contributed by atoms with van der Waals surface area (Å²) in [5.41, 5.74) is -2.27. The molecule has 1 atom stereocenters. The number of furan rings is 1. The van der Waals surface area contributed by atoms with Crippen molar-refractivity contribution in [3.63, 3.8) is 0 Å². The number of aliphatic hydroxyl groups is 1. The molecule has 1 aliphatic carbocycles. The minimum Gasteiger partial charge on any atom is -0.497 e. The van der Waals surface area contributed by atoms with E-state index in [4.69, 9.17) is 9.15 Å². The fourth-order valence-electron chi connectivity index (χ4n) is 6.03. The first-order valence-electron chi connectivity index (χ1n) is 12.6. The molecule has 0 bridgehead atoms. The zero-order chi connectivity index (χ0) is 27.1. The monoisotopic (exact) mass is 518 g/mol. The van der Waals surface area contributed by atoms with Gasteiger partial charge in [-0.15, -0.1) is 0 Å². The van der Waals surface area contributed by atoms with Crippen LogP contribution in [0.1, 0.15) is 58.5 Å². The van der Waals surface area contributed by atoms with Gasteiger partial charge in [0, 0.05) is 5.56 Å². The highest BCUT2D eigenvalue weighted by Gasteiger charge is 2.66. The minimum absolute atomic E-state index is 0.00396. The summed E-state index contributed by atoms with van der Waals surface area (Å²) in [6.45, 7) is 1.73. The van der Waals surface area contributed by atoms with Gasteiger partial charge in [0.2, 0.25) is 11.5 Å². The standard InChI is InChI=1S/C29H30N2O7/c1-18-13-22-25(23(14-18)30-24(32)16-19-7-5-8-20(15-19)37-2)26(33)31(17-21-9-6-12-38-21)28(10-3-4-11-28)29(22,36)27(34)35/h5-9,12-15,36H,3-4,10-11,16-17H2,1-2H3,(H,30,32)(H,34,35)/t29-/m1/s1. The van der Waals surface area contributed by atoms with E-state index in [0.717, 1.165) is 0 Å². The van der Waals surface area contributed by atoms with Crippen molar-refractivity contribution in [1.82, 2.24) is 4.90 Å². The second-order valence-corrected chi connectivity index (χ2v) is 10.0. The van der Waals surface area contributed by atoms with Crippen LogP contribution in [0.25, 0.3) is 0 Å². The van der Waals surface area contributed by atoms with Crippen LogP contribution in [-0.2, 0) is 28.2 Å². The van der Waals surface area contributed by atoms with Crippen molar-refractivity contribution in [2.24, 2.45) is 0 Å². The van der Waals surface area contributed by atoms with Gasteiger partial charge in [-0.2, -0.15) is 0 Å². The van der Waals surface area contributed by atoms with Gasteiger partial charge < -0.3 is 29.6 Å². The number of carboxylic acid groups (broad SMARTS) is 1. The molecule has 3 aromatic rings. The summed E-state index contributed by atoms with van der Waals surface area (Å²) in [6, 6.07) is 13.7. The second-order valence-electron chi connectivity index (χ2n) is 10.0. The molecular formula is C29H30N2O7. The Morgan fingerprint density at radius 1 is 1.13 bits per heavy atom. The van der Waals surface area contributed by atoms with Crippen LogP contribution in [0.3, 0.4) is 0 Å². The molecule has 1 fully saturated rings. The number of carbonyl (C=O) groups is 3. The molecule has 1 aromatic heterocycles. The lowest BCUT2D eigenvalue weighted by molar-refractivity contribution is -0.182. The first-order chi connectivity index (χ1) is 18.2. The van der Waals surface area contributed by atoms with Crippen molar-refractivity contribution >= 4 is 23.5 Å². The molecule has 0 saturated heterocycles. The van der Waals surface area contributed by atoms with Crippen LogP contribution in [0, 0.1) is 6.92 Å². The molecule has 1 aliphatic heterocycles. The van der Waals surface area contributed by atoms with Crippen LogP contribution in [0.15, 0.2) is 59.2 Å². The van der Waals surface area contributed by atoms with Crippen LogP contribution >= 0.6 is 0 Å². The average molecular weight is 519 g/mol. The van der Waals surface area contributed by atoms with E-state index in [-0.39, 0.29) is 29.8 Å². The normalized spacial score (nSPS) is 19.9. The van der Waals surface area contributed by atoms with Crippen molar-refractivity contribution in [3.05, 3.63) is 82.8 Å². The van der Waals surface area contributed by atoms with Gasteiger partial charge in [0.1, 0.15) is 11.5 Å². The number of carbonyl (C=O) groups excluding carboxylic acids is 2. The zero-order valence-corrected chi connectivity index (χ0v) is 21.3. The molecule has 9 nitrogen and oxygen atoms in total. The summed E-state index contributed by atoms with van der Waals surface area (Å²) >= 11 is 0. The van der Waals surface area contributed by atoms with E-state index < -0.39 is 28.9 Å². The third-order valence-corrected chi connectivity index (χ3v) is 7.73. The lowest BCUT2D eigenvalue weighted by Gasteiger charge is -2.53. The number of ether oxygens (including phenoxy) is 1. The number of benzene rings is 2. The van der Waals surface area contributed by atoms with Crippen LogP contribution in [0.5, 0.6) is 5.75 Å². The van der Waals surface area contributed by atoms with Gasteiger partial charge in [-0.1, -0.05) is 31.0 Å². The summed E-state index contributed by atoms with van der Waals surface area (Å²) in [4.78, 5) is 41.6. The number of carboxylic acids is 1. The number of fused-ring (bicyclic) bond motifs is 1. The molecule has 0 radical (unpaired) electrons. The smallest absolute Gasteiger partial charge is 0.342 e. The number of nitrogens with zero attached hydrogens (tertiary/aromatic N) is 1. The van der Waals surface area contributed by atoms with Crippen LogP contribution in [-0.4, -0.2) is 45.5 Å². The highest BCUT2D eigenvalue weighted by atomic mass is 16.5. The van der Waals surface area contributed by atoms with Crippen LogP contribution in [0.4, 0.5) is 5.69 Å². The van der Waals surface area contributed by atoms with E-state index in [1.807, 2.05) is 0 Å². The van der Waals surface area contributed by atoms with E-state index in [1.165, 1.54) is 11.2 Å². The maximum atomic E-state index is 14.2. The van der Waals surface area contributed by atoms with Crippen molar-refractivity contribution in [1.29, 1.82) is 0 Å². The predicted octanol–water partition coefficient (Wildman–Crippen LogP) is 4.02. The summed E-state index contributed by atoms with van der Waals surface area (Å²) in [6.07, 6.45) is 3.49. The molecule has 2 aliphatic rings. The molecule has 2 amide bonds. The maximum Gasteiger partial charge on any atom is 0.342 e. The molecule has 2 aromatic carbocycles. The predicted molar refractivity (Wildman–Crippen MR) is 138 cm³/mol. The van der Waals surface area contributed by atoms with E-state index in [0.29, 0.717) is 48.3 Å². The number of rotatable bonds is 7. The molecule has 2 heterocycles. The van der Waals surface area contributed by atoms with Gasteiger partial charge in [-0.05, 0) is 61.2 Å². The summed E-state index contributed by atoms with van der Waals surface area (Å²) in [7, 11) is 1.54. The molecule has 5 rings (SSSR count). The highest BCUT2D eigenvalue weighted by molar-refractivity contribution is 6.09. The van der Waals surface area contributed by atoms with Gasteiger partial charge in [-0.3, -0.25) is 9.59 Å². The number of methoxy groups -OCH3 is 1. The Bertz CT molecular complexity index is 1390. The van der Waals surface area contributed by atoms with Crippen LogP contribution in [0.2, 0.25) is 0 Å². The van der Waals surface area contributed by atoms with E-state index in [2.05, 4.69) is 5.32 Å². The molecule has 1 spiro atoms. The quantitative estimate of drug-likeness (QED) is 0.431. The number of hydrogen-bond acceptors (Lipinski definition) is 6. The van der Waals surface area contributed by atoms with Gasteiger partial charge in [0.05, 0.1) is 43.1 Å². The topological polar surface area (TPSA) is 129 Å². The van der Waals surface area contributed by atoms with Crippen molar-refractivity contribution in [2.45, 2.75) is 56.7 Å². The van der Waals surface area contributed by atoms with Crippen molar-refractivity contribution in [3.8, 4) is 5.75 Å². The Balaban J connectivity index is 1.61. The molecule has 198 valence electrons. The zero-order valence-electron chi connectivity index (χ0n) is 21.3. The summed E-state index contributed by atoms with van der Waals surface area (Å²) in [5, 5.41) is 25.4. The fraction of sp³-hybridized carbons (Fsp3) is 0.345. The van der Waals surface area contributed by atoms with Gasteiger partial charge >= 0.3 is 5.97 Å². The molecule has 9 heteroatoms. The Morgan fingerprint density at radius 2 is 1.89 bits per heavy atom. The van der Waals surface area contributed by atoms with E-state index in [1.54, 1.807) is 62.6 Å². The van der Waals surface area contributed by atoms with Gasteiger partial charge in [0.25, 0.3) is 5.91 Å². The maximum absolute atomic E-state index is 14.2. The number of aliphatic carboxylic acids is 1. The fourth-order valence-corrected chi connectivity index (χ4v) is 6.03. The van der Waals surface area contributed by atoms with Crippen molar-refractivity contribution in [2.75, 3.05) is 12.4 Å². The minimum atomic E-state index is -2.38. The number of aryl methyl sites for hydroxylation is 1. The third-order valence-electron chi connectivity index (χ3n) is 7.73. The molecule has 1 saturated carbocycles. The number of amides is 2. The van der Waals surface area contributed by atoms with E-state index >= 15 is 0 Å². The molecule has 3 N–H and O–H groups in total. The first kappa shape index (κ1) is 25.5. The van der Waals surface area contributed by atoms with Crippen molar-refractivity contribution < 1.29 is 33.8 Å². The lowest BCUT2D eigenvalue weighted by Crippen LogP contribution is -2.68. The number of nitrogens with one attached hydrogen (secondary N) is 1. The number of hydrogen-bond donors (Lipinski definition) is 3. The Morgan fingerprint density at radius 3 is 2.55 bits per heavy atom. The molecular weight excluding hydrogens is 488 g/mol. The Hall–Kier alpha value is -4.11. The Kier molecular flexibility index (Phi) is 6.48. The van der Waals surface area contributed by atoms with Gasteiger partial charge in [-0.25, -0.2) is 4.79 Å². The molecule has 38 heavy (non-hydrogen) atoms. The SMILES string of the molecule is COc1cccc(CC(=O)Nc2cc(C)cc3c2C(=O)N(Cc2ccco2)C2(CCCC2)[C@]3(O)C(=O)O)c1. The molecule has 0 unspecified atom stereocenters. The lowest BCUT2D eigenvalue weighted by atomic mass is 9.67. The first-order valence-corrected chi connectivity index (χ1v) is 12.6. The van der Waals surface area contributed by atoms with E-state index in [9.17, 15) is 24.6 Å². The third kappa shape index (κ3) is 4.03. The summed E-state index contributed by atoms with van der Waals surface area (Å²) < 4.78 is 10.7. The summed E-state index contributed by atoms with van der Waals surface area (Å²) in [5.74, 6) is -1.20.